The monoisotopic (exact) mass is 328 g/mol. The van der Waals surface area contributed by atoms with Gasteiger partial charge in [0, 0.05) is 31.7 Å². The molecule has 0 aliphatic heterocycles. The number of rotatable bonds is 5. The number of imidazole rings is 1. The Morgan fingerprint density at radius 3 is 2.72 bits per heavy atom. The fraction of sp³-hybridized carbons (Fsp3) is 0.500. The van der Waals surface area contributed by atoms with Crippen molar-refractivity contribution >= 4 is 27.7 Å². The molecule has 0 bridgehead atoms. The van der Waals surface area contributed by atoms with E-state index >= 15 is 0 Å². The SMILES string of the molecule is CCc1nn(CC)c(CSc2nccn2C)c1Br. The minimum atomic E-state index is 0.881. The number of aromatic nitrogens is 4. The van der Waals surface area contributed by atoms with Gasteiger partial charge in [0.1, 0.15) is 0 Å². The Hall–Kier alpha value is -0.750. The highest BCUT2D eigenvalue weighted by atomic mass is 79.9. The maximum Gasteiger partial charge on any atom is 0.168 e. The molecule has 2 heterocycles. The van der Waals surface area contributed by atoms with Gasteiger partial charge < -0.3 is 4.57 Å². The fourth-order valence-electron chi connectivity index (χ4n) is 1.78. The summed E-state index contributed by atoms with van der Waals surface area (Å²) in [5, 5.41) is 5.63. The van der Waals surface area contributed by atoms with Crippen molar-refractivity contribution in [2.45, 2.75) is 37.7 Å². The van der Waals surface area contributed by atoms with Crippen molar-refractivity contribution in [3.63, 3.8) is 0 Å². The van der Waals surface area contributed by atoms with E-state index in [4.69, 9.17) is 0 Å². The van der Waals surface area contributed by atoms with Crippen LogP contribution in [0.2, 0.25) is 0 Å². The number of halogens is 1. The molecule has 18 heavy (non-hydrogen) atoms. The van der Waals surface area contributed by atoms with Gasteiger partial charge in [-0.15, -0.1) is 0 Å². The van der Waals surface area contributed by atoms with Crippen LogP contribution >= 0.6 is 27.7 Å². The molecular formula is C12H17BrN4S. The second-order valence-electron chi connectivity index (χ2n) is 3.99. The van der Waals surface area contributed by atoms with Crippen LogP contribution in [0, 0.1) is 0 Å². The van der Waals surface area contributed by atoms with Gasteiger partial charge in [0.15, 0.2) is 5.16 Å². The number of thioether (sulfide) groups is 1. The third-order valence-corrected chi connectivity index (χ3v) is 4.79. The van der Waals surface area contributed by atoms with E-state index in [1.54, 1.807) is 11.8 Å². The normalized spacial score (nSPS) is 11.1. The average Bonchev–Trinajstić information content (AvgIpc) is 2.91. The van der Waals surface area contributed by atoms with Crippen LogP contribution in [0.4, 0.5) is 0 Å². The summed E-state index contributed by atoms with van der Waals surface area (Å²) >= 11 is 5.40. The summed E-state index contributed by atoms with van der Waals surface area (Å²) in [6, 6.07) is 0. The molecule has 0 unspecified atom stereocenters. The van der Waals surface area contributed by atoms with E-state index < -0.39 is 0 Å². The van der Waals surface area contributed by atoms with E-state index in [0.29, 0.717) is 0 Å². The van der Waals surface area contributed by atoms with Gasteiger partial charge in [-0.1, -0.05) is 18.7 Å². The Morgan fingerprint density at radius 2 is 2.17 bits per heavy atom. The summed E-state index contributed by atoms with van der Waals surface area (Å²) < 4.78 is 5.25. The Kier molecular flexibility index (Phi) is 4.50. The van der Waals surface area contributed by atoms with Crippen molar-refractivity contribution in [1.82, 2.24) is 19.3 Å². The van der Waals surface area contributed by atoms with Crippen LogP contribution in [0.3, 0.4) is 0 Å². The Balaban J connectivity index is 2.18. The maximum atomic E-state index is 4.60. The van der Waals surface area contributed by atoms with Gasteiger partial charge >= 0.3 is 0 Å². The molecule has 0 atom stereocenters. The van der Waals surface area contributed by atoms with E-state index in [2.05, 4.69) is 44.5 Å². The molecule has 6 heteroatoms. The van der Waals surface area contributed by atoms with E-state index in [1.807, 2.05) is 24.0 Å². The summed E-state index contributed by atoms with van der Waals surface area (Å²) in [7, 11) is 2.01. The largest absolute Gasteiger partial charge is 0.329 e. The molecule has 98 valence electrons. The van der Waals surface area contributed by atoms with Gasteiger partial charge in [0.05, 0.1) is 15.9 Å². The van der Waals surface area contributed by atoms with Crippen molar-refractivity contribution in [2.75, 3.05) is 0 Å². The fourth-order valence-corrected chi connectivity index (χ4v) is 3.63. The molecule has 0 saturated heterocycles. The third kappa shape index (κ3) is 2.64. The van der Waals surface area contributed by atoms with Gasteiger partial charge in [-0.3, -0.25) is 4.68 Å². The predicted octanol–water partition coefficient (Wildman–Crippen LogP) is 3.25. The van der Waals surface area contributed by atoms with Crippen molar-refractivity contribution < 1.29 is 0 Å². The molecule has 0 spiro atoms. The van der Waals surface area contributed by atoms with Crippen molar-refractivity contribution in [1.29, 1.82) is 0 Å². The number of aryl methyl sites for hydroxylation is 3. The number of nitrogens with zero attached hydrogens (tertiary/aromatic N) is 4. The highest BCUT2D eigenvalue weighted by Gasteiger charge is 2.14. The smallest absolute Gasteiger partial charge is 0.168 e. The third-order valence-electron chi connectivity index (χ3n) is 2.81. The second-order valence-corrected chi connectivity index (χ2v) is 5.72. The van der Waals surface area contributed by atoms with Crippen LogP contribution in [0.15, 0.2) is 22.0 Å². The summed E-state index contributed by atoms with van der Waals surface area (Å²) in [6.07, 6.45) is 4.74. The minimum Gasteiger partial charge on any atom is -0.329 e. The number of hydrogen-bond donors (Lipinski definition) is 0. The topological polar surface area (TPSA) is 35.6 Å². The lowest BCUT2D eigenvalue weighted by Gasteiger charge is -2.05. The van der Waals surface area contributed by atoms with E-state index in [-0.39, 0.29) is 0 Å². The van der Waals surface area contributed by atoms with Gasteiger partial charge in [-0.05, 0) is 29.3 Å². The molecule has 0 radical (unpaired) electrons. The Labute approximate surface area is 120 Å². The molecule has 0 N–H and O–H groups in total. The van der Waals surface area contributed by atoms with Crippen molar-refractivity contribution in [3.8, 4) is 0 Å². The molecule has 0 fully saturated rings. The van der Waals surface area contributed by atoms with Crippen molar-refractivity contribution in [2.24, 2.45) is 7.05 Å². The first kappa shape index (κ1) is 13.7. The minimum absolute atomic E-state index is 0.881. The molecule has 2 aromatic heterocycles. The molecule has 0 aliphatic rings. The zero-order chi connectivity index (χ0) is 13.1. The van der Waals surface area contributed by atoms with Crippen LogP contribution in [-0.2, 0) is 25.8 Å². The summed E-state index contributed by atoms with van der Waals surface area (Å²) in [4.78, 5) is 4.32. The van der Waals surface area contributed by atoms with E-state index in [9.17, 15) is 0 Å². The van der Waals surface area contributed by atoms with Gasteiger partial charge in [-0.25, -0.2) is 4.98 Å². The van der Waals surface area contributed by atoms with Crippen LogP contribution in [0.5, 0.6) is 0 Å². The quantitative estimate of drug-likeness (QED) is 0.790. The molecule has 0 aliphatic carbocycles. The molecule has 0 amide bonds. The molecule has 0 saturated carbocycles. The van der Waals surface area contributed by atoms with Crippen LogP contribution in [0.25, 0.3) is 0 Å². The lowest BCUT2D eigenvalue weighted by atomic mass is 10.3. The lowest BCUT2D eigenvalue weighted by Crippen LogP contribution is -2.02. The molecule has 4 nitrogen and oxygen atoms in total. The molecule has 2 aromatic rings. The average molecular weight is 329 g/mol. The highest BCUT2D eigenvalue weighted by molar-refractivity contribution is 9.10. The zero-order valence-electron chi connectivity index (χ0n) is 10.9. The summed E-state index contributed by atoms with van der Waals surface area (Å²) in [6.45, 7) is 5.14. The van der Waals surface area contributed by atoms with Crippen molar-refractivity contribution in [3.05, 3.63) is 28.3 Å². The van der Waals surface area contributed by atoms with Gasteiger partial charge in [0.25, 0.3) is 0 Å². The Morgan fingerprint density at radius 1 is 1.39 bits per heavy atom. The van der Waals surface area contributed by atoms with E-state index in [1.165, 1.54) is 5.69 Å². The predicted molar refractivity (Wildman–Crippen MR) is 77.7 cm³/mol. The van der Waals surface area contributed by atoms with Gasteiger partial charge in [0.2, 0.25) is 0 Å². The Bertz CT molecular complexity index is 532. The van der Waals surface area contributed by atoms with Crippen LogP contribution < -0.4 is 0 Å². The van der Waals surface area contributed by atoms with E-state index in [0.717, 1.165) is 34.0 Å². The summed E-state index contributed by atoms with van der Waals surface area (Å²) in [5.74, 6) is 0.881. The highest BCUT2D eigenvalue weighted by Crippen LogP contribution is 2.28. The summed E-state index contributed by atoms with van der Waals surface area (Å²) in [5.41, 5.74) is 2.37. The molecule has 0 aromatic carbocycles. The first-order valence-electron chi connectivity index (χ1n) is 6.01. The molecule has 2 rings (SSSR count). The maximum absolute atomic E-state index is 4.60. The molecular weight excluding hydrogens is 312 g/mol. The second kappa shape index (κ2) is 5.93. The number of hydrogen-bond acceptors (Lipinski definition) is 3. The zero-order valence-corrected chi connectivity index (χ0v) is 13.3. The first-order valence-corrected chi connectivity index (χ1v) is 7.79. The first-order chi connectivity index (χ1) is 8.67. The van der Waals surface area contributed by atoms with Crippen LogP contribution in [0.1, 0.15) is 25.2 Å². The van der Waals surface area contributed by atoms with Crippen LogP contribution in [-0.4, -0.2) is 19.3 Å². The lowest BCUT2D eigenvalue weighted by molar-refractivity contribution is 0.627. The standard InChI is InChI=1S/C12H17BrN4S/c1-4-9-11(13)10(17(5-2)15-9)8-18-12-14-6-7-16(12)3/h6-7H,4-5,8H2,1-3H3. The van der Waals surface area contributed by atoms with Gasteiger partial charge in [-0.2, -0.15) is 5.10 Å².